The molecule has 0 unspecified atom stereocenters. The first kappa shape index (κ1) is 18.8. The first-order valence-electron chi connectivity index (χ1n) is 8.89. The van der Waals surface area contributed by atoms with E-state index in [9.17, 15) is 14.7 Å². The van der Waals surface area contributed by atoms with Gasteiger partial charge in [-0.1, -0.05) is 36.4 Å². The maximum atomic E-state index is 12.0. The molecular weight excluding hydrogens is 346 g/mol. The maximum Gasteiger partial charge on any atom is 0.223 e. The van der Waals surface area contributed by atoms with Gasteiger partial charge in [-0.05, 0) is 23.3 Å². The SMILES string of the molecule is COc1cc(CN2C[C@H](C(=O)[O-])CC2=O)ccc1OCCc1ccccc1. The molecule has 1 aliphatic rings. The molecule has 0 aromatic heterocycles. The Labute approximate surface area is 158 Å². The van der Waals surface area contributed by atoms with Crippen molar-refractivity contribution in [3.8, 4) is 11.5 Å². The molecule has 1 heterocycles. The van der Waals surface area contributed by atoms with Crippen molar-refractivity contribution >= 4 is 11.9 Å². The largest absolute Gasteiger partial charge is 0.550 e. The first-order valence-corrected chi connectivity index (χ1v) is 8.89. The molecule has 27 heavy (non-hydrogen) atoms. The van der Waals surface area contributed by atoms with Crippen LogP contribution in [0.2, 0.25) is 0 Å². The lowest BCUT2D eigenvalue weighted by atomic mass is 10.1. The molecule has 1 amide bonds. The van der Waals surface area contributed by atoms with Crippen molar-refractivity contribution in [3.63, 3.8) is 0 Å². The van der Waals surface area contributed by atoms with Crippen molar-refractivity contribution in [1.82, 2.24) is 4.90 Å². The number of methoxy groups -OCH3 is 1. The van der Waals surface area contributed by atoms with Crippen LogP contribution < -0.4 is 14.6 Å². The quantitative estimate of drug-likeness (QED) is 0.704. The summed E-state index contributed by atoms with van der Waals surface area (Å²) in [6.07, 6.45) is 0.790. The van der Waals surface area contributed by atoms with Gasteiger partial charge in [-0.15, -0.1) is 0 Å². The van der Waals surface area contributed by atoms with Crippen molar-refractivity contribution < 1.29 is 24.2 Å². The second kappa shape index (κ2) is 8.58. The number of carbonyl (C=O) groups excluding carboxylic acids is 2. The van der Waals surface area contributed by atoms with E-state index >= 15 is 0 Å². The summed E-state index contributed by atoms with van der Waals surface area (Å²) in [5.41, 5.74) is 2.05. The first-order chi connectivity index (χ1) is 13.1. The highest BCUT2D eigenvalue weighted by atomic mass is 16.5. The van der Waals surface area contributed by atoms with E-state index in [1.807, 2.05) is 36.4 Å². The summed E-state index contributed by atoms with van der Waals surface area (Å²) < 4.78 is 11.2. The van der Waals surface area contributed by atoms with Gasteiger partial charge < -0.3 is 24.3 Å². The van der Waals surface area contributed by atoms with Crippen LogP contribution in [0.4, 0.5) is 0 Å². The monoisotopic (exact) mass is 368 g/mol. The fraction of sp³-hybridized carbons (Fsp3) is 0.333. The molecule has 0 N–H and O–H groups in total. The zero-order valence-electron chi connectivity index (χ0n) is 15.2. The van der Waals surface area contributed by atoms with E-state index < -0.39 is 11.9 Å². The van der Waals surface area contributed by atoms with Gasteiger partial charge in [0.2, 0.25) is 5.91 Å². The van der Waals surface area contributed by atoms with Crippen molar-refractivity contribution in [2.45, 2.75) is 19.4 Å². The van der Waals surface area contributed by atoms with Crippen molar-refractivity contribution in [2.75, 3.05) is 20.3 Å². The highest BCUT2D eigenvalue weighted by Gasteiger charge is 2.30. The third kappa shape index (κ3) is 4.78. The number of likely N-dealkylation sites (tertiary alicyclic amines) is 1. The van der Waals surface area contributed by atoms with Gasteiger partial charge in [0.15, 0.2) is 11.5 Å². The Morgan fingerprint density at radius 2 is 1.93 bits per heavy atom. The molecule has 0 spiro atoms. The van der Waals surface area contributed by atoms with Gasteiger partial charge >= 0.3 is 0 Å². The summed E-state index contributed by atoms with van der Waals surface area (Å²) in [6, 6.07) is 15.6. The highest BCUT2D eigenvalue weighted by Crippen LogP contribution is 2.29. The summed E-state index contributed by atoms with van der Waals surface area (Å²) in [5, 5.41) is 11.0. The van der Waals surface area contributed by atoms with Gasteiger partial charge in [0.05, 0.1) is 13.7 Å². The standard InChI is InChI=1S/C21H23NO5/c1-26-19-11-16(13-22-14-17(21(24)25)12-20(22)23)7-8-18(19)27-10-9-15-5-3-2-4-6-15/h2-8,11,17H,9-10,12-14H2,1H3,(H,24,25)/p-1/t17-/m1/s1. The lowest BCUT2D eigenvalue weighted by Crippen LogP contribution is -2.33. The number of benzene rings is 2. The van der Waals surface area contributed by atoms with Gasteiger partial charge in [0, 0.05) is 37.8 Å². The van der Waals surface area contributed by atoms with Gasteiger partial charge in [-0.2, -0.15) is 0 Å². The summed E-state index contributed by atoms with van der Waals surface area (Å²) in [7, 11) is 1.57. The molecule has 1 saturated heterocycles. The predicted molar refractivity (Wildman–Crippen MR) is 97.2 cm³/mol. The smallest absolute Gasteiger partial charge is 0.223 e. The molecule has 0 saturated carbocycles. The van der Waals surface area contributed by atoms with E-state index in [-0.39, 0.29) is 18.9 Å². The van der Waals surface area contributed by atoms with E-state index in [0.29, 0.717) is 24.7 Å². The molecule has 6 heteroatoms. The van der Waals surface area contributed by atoms with Crippen LogP contribution in [-0.4, -0.2) is 37.0 Å². The molecule has 1 aliphatic heterocycles. The summed E-state index contributed by atoms with van der Waals surface area (Å²) >= 11 is 0. The fourth-order valence-corrected chi connectivity index (χ4v) is 3.16. The molecule has 2 aromatic carbocycles. The number of ether oxygens (including phenoxy) is 2. The maximum absolute atomic E-state index is 12.0. The fourth-order valence-electron chi connectivity index (χ4n) is 3.16. The molecule has 1 atom stereocenters. The van der Waals surface area contributed by atoms with E-state index in [1.165, 1.54) is 10.5 Å². The Hall–Kier alpha value is -3.02. The highest BCUT2D eigenvalue weighted by molar-refractivity contribution is 5.85. The normalized spacial score (nSPS) is 16.4. The minimum Gasteiger partial charge on any atom is -0.550 e. The number of carboxylic acid groups (broad SMARTS) is 1. The lowest BCUT2D eigenvalue weighted by Gasteiger charge is -2.18. The Balaban J connectivity index is 1.60. The number of nitrogens with zero attached hydrogens (tertiary/aromatic N) is 1. The summed E-state index contributed by atoms with van der Waals surface area (Å²) in [4.78, 5) is 24.5. The van der Waals surface area contributed by atoms with Gasteiger partial charge in [-0.25, -0.2) is 0 Å². The number of rotatable bonds is 8. The molecule has 0 aliphatic carbocycles. The Kier molecular flexibility index (Phi) is 5.96. The minimum atomic E-state index is -1.18. The van der Waals surface area contributed by atoms with Crippen LogP contribution in [0.5, 0.6) is 11.5 Å². The second-order valence-electron chi connectivity index (χ2n) is 6.56. The van der Waals surface area contributed by atoms with Gasteiger partial charge in [-0.3, -0.25) is 4.79 Å². The van der Waals surface area contributed by atoms with E-state index in [0.717, 1.165) is 12.0 Å². The topological polar surface area (TPSA) is 78.9 Å². The molecule has 1 fully saturated rings. The number of hydrogen-bond donors (Lipinski definition) is 0. The number of aliphatic carboxylic acids is 1. The van der Waals surface area contributed by atoms with Crippen LogP contribution in [0, 0.1) is 5.92 Å². The van der Waals surface area contributed by atoms with E-state index in [2.05, 4.69) is 12.1 Å². The zero-order valence-corrected chi connectivity index (χ0v) is 15.2. The summed E-state index contributed by atoms with van der Waals surface area (Å²) in [5.74, 6) is -0.863. The van der Waals surface area contributed by atoms with Crippen molar-refractivity contribution in [1.29, 1.82) is 0 Å². The number of carboxylic acids is 1. The minimum absolute atomic E-state index is 0.000148. The van der Waals surface area contributed by atoms with Crippen LogP contribution >= 0.6 is 0 Å². The van der Waals surface area contributed by atoms with Gasteiger partial charge in [0.25, 0.3) is 0 Å². The molecule has 142 valence electrons. The molecule has 3 rings (SSSR count). The van der Waals surface area contributed by atoms with Gasteiger partial charge in [0.1, 0.15) is 0 Å². The molecule has 0 bridgehead atoms. The number of hydrogen-bond acceptors (Lipinski definition) is 5. The average molecular weight is 368 g/mol. The Morgan fingerprint density at radius 1 is 1.15 bits per heavy atom. The average Bonchev–Trinajstić information content (AvgIpc) is 3.04. The Bertz CT molecular complexity index is 805. The van der Waals surface area contributed by atoms with Crippen LogP contribution in [0.15, 0.2) is 48.5 Å². The molecule has 6 nitrogen and oxygen atoms in total. The van der Waals surface area contributed by atoms with Crippen molar-refractivity contribution in [2.24, 2.45) is 5.92 Å². The van der Waals surface area contributed by atoms with Crippen LogP contribution in [-0.2, 0) is 22.6 Å². The molecule has 0 radical (unpaired) electrons. The summed E-state index contributed by atoms with van der Waals surface area (Å²) in [6.45, 7) is 1.04. The third-order valence-corrected chi connectivity index (χ3v) is 4.64. The zero-order chi connectivity index (χ0) is 19.2. The molecular formula is C21H22NO5-. The number of carbonyl (C=O) groups is 2. The van der Waals surface area contributed by atoms with Crippen LogP contribution in [0.25, 0.3) is 0 Å². The third-order valence-electron chi connectivity index (χ3n) is 4.64. The van der Waals surface area contributed by atoms with Crippen LogP contribution in [0.1, 0.15) is 17.5 Å². The number of amides is 1. The molecule has 2 aromatic rings. The Morgan fingerprint density at radius 3 is 2.59 bits per heavy atom. The van der Waals surface area contributed by atoms with Crippen LogP contribution in [0.3, 0.4) is 0 Å². The lowest BCUT2D eigenvalue weighted by molar-refractivity contribution is -0.311. The van der Waals surface area contributed by atoms with E-state index in [4.69, 9.17) is 9.47 Å². The second-order valence-corrected chi connectivity index (χ2v) is 6.56. The van der Waals surface area contributed by atoms with Crippen molar-refractivity contribution in [3.05, 3.63) is 59.7 Å². The predicted octanol–water partition coefficient (Wildman–Crippen LogP) is 1.42. The van der Waals surface area contributed by atoms with E-state index in [1.54, 1.807) is 7.11 Å².